The van der Waals surface area contributed by atoms with Crippen LogP contribution in [0.1, 0.15) is 6.92 Å². The number of nitrogens with one attached hydrogen (secondary N) is 1. The van der Waals surface area contributed by atoms with Gasteiger partial charge in [-0.1, -0.05) is 0 Å². The molecule has 19 heavy (non-hydrogen) atoms. The second-order valence-corrected chi connectivity index (χ2v) is 4.83. The molecule has 0 atom stereocenters. The summed E-state index contributed by atoms with van der Waals surface area (Å²) in [5.74, 6) is 2.21. The van der Waals surface area contributed by atoms with Crippen LogP contribution in [0.2, 0.25) is 0 Å². The number of anilines is 1. The van der Waals surface area contributed by atoms with Gasteiger partial charge in [0.2, 0.25) is 6.79 Å². The van der Waals surface area contributed by atoms with Crippen molar-refractivity contribution in [2.24, 2.45) is 0 Å². The molecule has 1 N–H and O–H groups in total. The highest BCUT2D eigenvalue weighted by atomic mass is 79.9. The lowest BCUT2D eigenvalue weighted by Crippen LogP contribution is -2.02. The van der Waals surface area contributed by atoms with Gasteiger partial charge in [-0.05, 0) is 35.0 Å². The topological polar surface area (TPSA) is 56.3 Å². The number of aromatic nitrogens is 2. The lowest BCUT2D eigenvalue weighted by atomic mass is 10.1. The first-order valence-corrected chi connectivity index (χ1v) is 6.73. The van der Waals surface area contributed by atoms with Crippen LogP contribution in [0.3, 0.4) is 0 Å². The number of halogens is 1. The third kappa shape index (κ3) is 2.23. The first-order valence-electron chi connectivity index (χ1n) is 5.94. The fourth-order valence-electron chi connectivity index (χ4n) is 1.95. The normalized spacial score (nSPS) is 12.5. The number of benzene rings is 1. The first kappa shape index (κ1) is 12.2. The van der Waals surface area contributed by atoms with E-state index in [-0.39, 0.29) is 6.79 Å². The Balaban J connectivity index is 2.10. The van der Waals surface area contributed by atoms with E-state index in [9.17, 15) is 0 Å². The van der Waals surface area contributed by atoms with Gasteiger partial charge in [0, 0.05) is 24.5 Å². The minimum atomic E-state index is 0.248. The Kier molecular flexibility index (Phi) is 3.25. The van der Waals surface area contributed by atoms with E-state index in [2.05, 4.69) is 31.2 Å². The molecule has 1 aliphatic heterocycles. The van der Waals surface area contributed by atoms with Gasteiger partial charge < -0.3 is 14.8 Å². The van der Waals surface area contributed by atoms with Gasteiger partial charge in [-0.3, -0.25) is 4.98 Å². The van der Waals surface area contributed by atoms with Crippen LogP contribution in [0.25, 0.3) is 11.3 Å². The van der Waals surface area contributed by atoms with E-state index in [1.54, 1.807) is 12.4 Å². The molecule has 0 saturated heterocycles. The fourth-order valence-corrected chi connectivity index (χ4v) is 2.51. The second kappa shape index (κ2) is 5.05. The highest BCUT2D eigenvalue weighted by Gasteiger charge is 2.20. The van der Waals surface area contributed by atoms with Gasteiger partial charge in [0.1, 0.15) is 5.69 Å². The van der Waals surface area contributed by atoms with Crippen molar-refractivity contribution in [1.82, 2.24) is 9.97 Å². The molecule has 0 spiro atoms. The monoisotopic (exact) mass is 321 g/mol. The van der Waals surface area contributed by atoms with E-state index in [1.807, 2.05) is 19.1 Å². The average Bonchev–Trinajstić information content (AvgIpc) is 2.88. The zero-order valence-electron chi connectivity index (χ0n) is 10.3. The van der Waals surface area contributed by atoms with Crippen LogP contribution >= 0.6 is 15.9 Å². The summed E-state index contributed by atoms with van der Waals surface area (Å²) in [6.07, 6.45) is 3.35. The molecule has 0 amide bonds. The molecule has 0 bridgehead atoms. The molecule has 3 rings (SSSR count). The zero-order valence-corrected chi connectivity index (χ0v) is 11.9. The van der Waals surface area contributed by atoms with E-state index in [0.717, 1.165) is 39.6 Å². The standard InChI is InChI=1S/C13H12BrN3O2/c1-2-15-13-11(16-3-4-17-13)8-5-9(14)12-10(6-8)18-7-19-12/h3-6H,2,7H2,1H3,(H,15,17). The minimum Gasteiger partial charge on any atom is -0.454 e. The highest BCUT2D eigenvalue weighted by molar-refractivity contribution is 9.10. The molecule has 5 nitrogen and oxygen atoms in total. The summed E-state index contributed by atoms with van der Waals surface area (Å²) in [5.41, 5.74) is 1.73. The molecule has 2 aromatic rings. The Labute approximate surface area is 119 Å². The van der Waals surface area contributed by atoms with E-state index >= 15 is 0 Å². The zero-order chi connectivity index (χ0) is 13.2. The largest absolute Gasteiger partial charge is 0.454 e. The summed E-state index contributed by atoms with van der Waals surface area (Å²) in [6.45, 7) is 3.06. The molecule has 98 valence electrons. The van der Waals surface area contributed by atoms with Crippen LogP contribution in [0.15, 0.2) is 29.0 Å². The lowest BCUT2D eigenvalue weighted by Gasteiger charge is -2.09. The third-order valence-corrected chi connectivity index (χ3v) is 3.33. The number of rotatable bonds is 3. The van der Waals surface area contributed by atoms with E-state index in [4.69, 9.17) is 9.47 Å². The number of hydrogen-bond donors (Lipinski definition) is 1. The Bertz CT molecular complexity index is 619. The fraction of sp³-hybridized carbons (Fsp3) is 0.231. The molecule has 0 saturated carbocycles. The molecule has 0 radical (unpaired) electrons. The van der Waals surface area contributed by atoms with Gasteiger partial charge in [-0.2, -0.15) is 0 Å². The summed E-state index contributed by atoms with van der Waals surface area (Å²) in [5, 5.41) is 3.20. The van der Waals surface area contributed by atoms with Crippen molar-refractivity contribution in [1.29, 1.82) is 0 Å². The Morgan fingerprint density at radius 3 is 2.95 bits per heavy atom. The van der Waals surface area contributed by atoms with Crippen LogP contribution in [-0.2, 0) is 0 Å². The predicted octanol–water partition coefficient (Wildman–Crippen LogP) is 3.07. The predicted molar refractivity (Wildman–Crippen MR) is 75.5 cm³/mol. The summed E-state index contributed by atoms with van der Waals surface area (Å²) in [6, 6.07) is 3.87. The van der Waals surface area contributed by atoms with Crippen molar-refractivity contribution >= 4 is 21.7 Å². The molecule has 1 aromatic heterocycles. The van der Waals surface area contributed by atoms with Crippen molar-refractivity contribution in [3.63, 3.8) is 0 Å². The maximum Gasteiger partial charge on any atom is 0.231 e. The molecule has 1 aliphatic rings. The number of nitrogens with zero attached hydrogens (tertiary/aromatic N) is 2. The maximum absolute atomic E-state index is 5.42. The van der Waals surface area contributed by atoms with Crippen molar-refractivity contribution in [2.45, 2.75) is 6.92 Å². The Morgan fingerprint density at radius 1 is 1.26 bits per heavy atom. The van der Waals surface area contributed by atoms with Crippen molar-refractivity contribution < 1.29 is 9.47 Å². The third-order valence-electron chi connectivity index (χ3n) is 2.74. The minimum absolute atomic E-state index is 0.248. The van der Waals surface area contributed by atoms with Crippen LogP contribution in [-0.4, -0.2) is 23.3 Å². The van der Waals surface area contributed by atoms with Crippen LogP contribution in [0, 0.1) is 0 Å². The van der Waals surface area contributed by atoms with E-state index in [0.29, 0.717) is 0 Å². The SMILES string of the molecule is CCNc1nccnc1-c1cc(Br)c2c(c1)OCO2. The van der Waals surface area contributed by atoms with Crippen LogP contribution in [0.4, 0.5) is 5.82 Å². The second-order valence-electron chi connectivity index (χ2n) is 3.98. The highest BCUT2D eigenvalue weighted by Crippen LogP contribution is 2.42. The molecular weight excluding hydrogens is 310 g/mol. The van der Waals surface area contributed by atoms with Gasteiger partial charge in [0.15, 0.2) is 17.3 Å². The summed E-state index contributed by atoms with van der Waals surface area (Å²) in [4.78, 5) is 8.70. The molecule has 2 heterocycles. The van der Waals surface area contributed by atoms with Crippen LogP contribution < -0.4 is 14.8 Å². The van der Waals surface area contributed by atoms with Crippen molar-refractivity contribution in [3.05, 3.63) is 29.0 Å². The molecule has 0 aliphatic carbocycles. The quantitative estimate of drug-likeness (QED) is 0.941. The molecule has 0 fully saturated rings. The van der Waals surface area contributed by atoms with E-state index < -0.39 is 0 Å². The Hall–Kier alpha value is -1.82. The average molecular weight is 322 g/mol. The smallest absolute Gasteiger partial charge is 0.231 e. The lowest BCUT2D eigenvalue weighted by molar-refractivity contribution is 0.173. The van der Waals surface area contributed by atoms with Crippen LogP contribution in [0.5, 0.6) is 11.5 Å². The summed E-state index contributed by atoms with van der Waals surface area (Å²) < 4.78 is 11.6. The first-order chi connectivity index (χ1) is 9.29. The summed E-state index contributed by atoms with van der Waals surface area (Å²) in [7, 11) is 0. The van der Waals surface area contributed by atoms with Gasteiger partial charge in [-0.15, -0.1) is 0 Å². The van der Waals surface area contributed by atoms with E-state index in [1.165, 1.54) is 0 Å². The van der Waals surface area contributed by atoms with Gasteiger partial charge in [0.25, 0.3) is 0 Å². The number of hydrogen-bond acceptors (Lipinski definition) is 5. The van der Waals surface area contributed by atoms with Gasteiger partial charge >= 0.3 is 0 Å². The van der Waals surface area contributed by atoms with Crippen molar-refractivity contribution in [2.75, 3.05) is 18.7 Å². The van der Waals surface area contributed by atoms with Gasteiger partial charge in [0.05, 0.1) is 4.47 Å². The molecule has 6 heteroatoms. The molecule has 0 unspecified atom stereocenters. The molecule has 1 aromatic carbocycles. The number of ether oxygens (including phenoxy) is 2. The van der Waals surface area contributed by atoms with Gasteiger partial charge in [-0.25, -0.2) is 4.98 Å². The number of fused-ring (bicyclic) bond motifs is 1. The summed E-state index contributed by atoms with van der Waals surface area (Å²) >= 11 is 3.49. The maximum atomic E-state index is 5.42. The Morgan fingerprint density at radius 2 is 2.11 bits per heavy atom. The molecular formula is C13H12BrN3O2. The van der Waals surface area contributed by atoms with Crippen molar-refractivity contribution in [3.8, 4) is 22.8 Å².